The van der Waals surface area contributed by atoms with Crippen molar-refractivity contribution >= 4 is 21.4 Å². The molecule has 200 valence electrons. The molecule has 0 atom stereocenters. The number of alkyl halides is 9. The smallest absolute Gasteiger partial charge is 0.344 e. The summed E-state index contributed by atoms with van der Waals surface area (Å²) in [6.07, 6.45) is -18.3. The largest absolute Gasteiger partial charge is 0.430 e. The monoisotopic (exact) mass is 551 g/mol. The first-order valence-electron chi connectivity index (χ1n) is 9.84. The Bertz CT molecular complexity index is 1190. The minimum Gasteiger partial charge on any atom is -0.344 e. The minimum absolute atomic E-state index is 0.135. The van der Waals surface area contributed by atoms with Crippen LogP contribution in [0.2, 0.25) is 0 Å². The van der Waals surface area contributed by atoms with Gasteiger partial charge in [0, 0.05) is 23.7 Å². The predicted molar refractivity (Wildman–Crippen MR) is 110 cm³/mol. The highest BCUT2D eigenvalue weighted by atomic mass is 32.2. The number of ether oxygens (including phenoxy) is 1. The fraction of sp³-hybridized carbons (Fsp3) is 0.381. The van der Waals surface area contributed by atoms with E-state index in [1.165, 1.54) is 6.92 Å². The number of carbonyl (C=O) groups is 1. The van der Waals surface area contributed by atoms with Gasteiger partial charge in [-0.25, -0.2) is 8.42 Å². The Morgan fingerprint density at radius 3 is 1.83 bits per heavy atom. The molecule has 0 aliphatic carbocycles. The van der Waals surface area contributed by atoms with Gasteiger partial charge in [0.15, 0.2) is 9.84 Å². The lowest BCUT2D eigenvalue weighted by molar-refractivity contribution is -0.400. The number of hydrogen-bond acceptors (Lipinski definition) is 4. The van der Waals surface area contributed by atoms with Crippen molar-refractivity contribution in [2.75, 3.05) is 17.7 Å². The van der Waals surface area contributed by atoms with Crippen LogP contribution in [0.15, 0.2) is 47.4 Å². The molecule has 1 amide bonds. The number of anilines is 1. The van der Waals surface area contributed by atoms with Crippen LogP contribution in [0.5, 0.6) is 0 Å². The van der Waals surface area contributed by atoms with Gasteiger partial charge >= 0.3 is 18.5 Å². The molecule has 0 aliphatic rings. The third-order valence-electron chi connectivity index (χ3n) is 4.89. The third kappa shape index (κ3) is 6.11. The normalized spacial score (nSPS) is 13.5. The Hall–Kier alpha value is -2.81. The van der Waals surface area contributed by atoms with E-state index in [2.05, 4.69) is 10.1 Å². The van der Waals surface area contributed by atoms with Crippen LogP contribution in [0.4, 0.5) is 45.2 Å². The van der Waals surface area contributed by atoms with Gasteiger partial charge in [-0.2, -0.15) is 39.5 Å². The molecule has 2 rings (SSSR count). The van der Waals surface area contributed by atoms with Gasteiger partial charge in [0.25, 0.3) is 5.60 Å². The summed E-state index contributed by atoms with van der Waals surface area (Å²) in [4.78, 5) is 11.3. The number of sulfone groups is 1. The van der Waals surface area contributed by atoms with Crippen LogP contribution in [0.1, 0.15) is 19.4 Å². The Balaban J connectivity index is 2.84. The first-order chi connectivity index (χ1) is 16.2. The zero-order valence-corrected chi connectivity index (χ0v) is 19.2. The van der Waals surface area contributed by atoms with Crippen LogP contribution < -0.4 is 5.32 Å². The van der Waals surface area contributed by atoms with Crippen molar-refractivity contribution in [2.24, 2.45) is 0 Å². The number of rotatable bonds is 7. The number of halogens is 9. The van der Waals surface area contributed by atoms with E-state index in [1.54, 1.807) is 0 Å². The fourth-order valence-electron chi connectivity index (χ4n) is 3.23. The molecule has 0 radical (unpaired) electrons. The molecule has 0 heterocycles. The molecular formula is C21H18F9NO4S. The highest BCUT2D eigenvalue weighted by Crippen LogP contribution is 2.54. The molecule has 36 heavy (non-hydrogen) atoms. The second-order valence-corrected chi connectivity index (χ2v) is 9.73. The van der Waals surface area contributed by atoms with Crippen LogP contribution >= 0.6 is 0 Å². The SMILES string of the molecule is CCS(=O)(=O)c1ccc(-c2cc(C(OCC(F)(F)F)(C(F)(F)F)C(F)(F)F)ccc2NC(C)=O)cc1. The number of amides is 1. The lowest BCUT2D eigenvalue weighted by Gasteiger charge is -2.38. The summed E-state index contributed by atoms with van der Waals surface area (Å²) in [6, 6.07) is 5.37. The molecule has 0 spiro atoms. The van der Waals surface area contributed by atoms with Crippen LogP contribution in [-0.2, 0) is 25.0 Å². The maximum atomic E-state index is 13.9. The molecule has 1 N–H and O–H groups in total. The molecule has 5 nitrogen and oxygen atoms in total. The fourth-order valence-corrected chi connectivity index (χ4v) is 4.12. The van der Waals surface area contributed by atoms with Gasteiger partial charge in [-0.3, -0.25) is 4.79 Å². The van der Waals surface area contributed by atoms with Crippen molar-refractivity contribution in [3.8, 4) is 11.1 Å². The van der Waals surface area contributed by atoms with Gasteiger partial charge in [-0.1, -0.05) is 25.1 Å². The average Bonchev–Trinajstić information content (AvgIpc) is 2.72. The highest BCUT2D eigenvalue weighted by molar-refractivity contribution is 7.91. The average molecular weight is 551 g/mol. The number of carbonyl (C=O) groups excluding carboxylic acids is 1. The van der Waals surface area contributed by atoms with Crippen molar-refractivity contribution in [1.29, 1.82) is 0 Å². The minimum atomic E-state index is -6.39. The quantitative estimate of drug-likeness (QED) is 0.429. The van der Waals surface area contributed by atoms with E-state index < -0.39 is 57.6 Å². The van der Waals surface area contributed by atoms with Gasteiger partial charge in [0.1, 0.15) is 6.61 Å². The van der Waals surface area contributed by atoms with Gasteiger partial charge in [0.05, 0.1) is 10.6 Å². The topological polar surface area (TPSA) is 72.5 Å². The second kappa shape index (κ2) is 9.92. The van der Waals surface area contributed by atoms with E-state index in [0.29, 0.717) is 6.07 Å². The summed E-state index contributed by atoms with van der Waals surface area (Å²) in [7, 11) is -3.71. The van der Waals surface area contributed by atoms with E-state index in [9.17, 15) is 52.7 Å². The van der Waals surface area contributed by atoms with Crippen LogP contribution in [0.3, 0.4) is 0 Å². The van der Waals surface area contributed by atoms with Gasteiger partial charge in [-0.15, -0.1) is 0 Å². The van der Waals surface area contributed by atoms with E-state index in [-0.39, 0.29) is 34.0 Å². The Labute approximate surface area is 199 Å². The zero-order chi connectivity index (χ0) is 27.7. The molecule has 15 heteroatoms. The molecule has 0 unspecified atom stereocenters. The lowest BCUT2D eigenvalue weighted by atomic mass is 9.88. The Kier molecular flexibility index (Phi) is 8.11. The summed E-state index contributed by atoms with van der Waals surface area (Å²) in [5, 5.41) is 2.20. The third-order valence-corrected chi connectivity index (χ3v) is 6.64. The van der Waals surface area contributed by atoms with Crippen molar-refractivity contribution in [3.63, 3.8) is 0 Å². The van der Waals surface area contributed by atoms with Gasteiger partial charge in [0.2, 0.25) is 5.91 Å². The lowest BCUT2D eigenvalue weighted by Crippen LogP contribution is -2.57. The molecule has 0 aliphatic heterocycles. The van der Waals surface area contributed by atoms with Crippen LogP contribution in [0, 0.1) is 0 Å². The van der Waals surface area contributed by atoms with E-state index in [1.807, 2.05) is 0 Å². The zero-order valence-electron chi connectivity index (χ0n) is 18.4. The van der Waals surface area contributed by atoms with E-state index in [4.69, 9.17) is 0 Å². The Morgan fingerprint density at radius 2 is 1.42 bits per heavy atom. The molecule has 2 aromatic carbocycles. The molecule has 0 saturated heterocycles. The molecule has 0 fully saturated rings. The van der Waals surface area contributed by atoms with Crippen molar-refractivity contribution in [2.45, 2.75) is 42.9 Å². The molecule has 0 aromatic heterocycles. The standard InChI is InChI=1S/C21H18F9NO4S/c1-3-36(33,34)15-7-4-13(5-8-15)16-10-14(6-9-17(16)31-12(2)32)19(20(25,26)27,21(28,29)30)35-11-18(22,23)24/h4-10H,3,11H2,1-2H3,(H,31,32). The number of hydrogen-bond donors (Lipinski definition) is 1. The maximum Gasteiger partial charge on any atom is 0.430 e. The van der Waals surface area contributed by atoms with Crippen LogP contribution in [-0.4, -0.2) is 45.2 Å². The Morgan fingerprint density at radius 1 is 0.889 bits per heavy atom. The second-order valence-electron chi connectivity index (χ2n) is 7.45. The maximum absolute atomic E-state index is 13.9. The first kappa shape index (κ1) is 29.4. The predicted octanol–water partition coefficient (Wildman–Crippen LogP) is 6.00. The summed E-state index contributed by atoms with van der Waals surface area (Å²) in [6.45, 7) is -0.522. The molecular weight excluding hydrogens is 533 g/mol. The number of nitrogens with one attached hydrogen (secondary N) is 1. The summed E-state index contributed by atoms with van der Waals surface area (Å²) in [5.74, 6) is -1.06. The molecule has 0 saturated carbocycles. The summed E-state index contributed by atoms with van der Waals surface area (Å²) < 4.78 is 149. The number of benzene rings is 2. The van der Waals surface area contributed by atoms with Crippen molar-refractivity contribution in [1.82, 2.24) is 0 Å². The van der Waals surface area contributed by atoms with Gasteiger partial charge in [-0.05, 0) is 29.8 Å². The molecule has 0 bridgehead atoms. The summed E-state index contributed by atoms with van der Waals surface area (Å²) >= 11 is 0. The summed E-state index contributed by atoms with van der Waals surface area (Å²) in [5.41, 5.74) is -7.99. The van der Waals surface area contributed by atoms with Crippen molar-refractivity contribution in [3.05, 3.63) is 48.0 Å². The van der Waals surface area contributed by atoms with Crippen molar-refractivity contribution < 1.29 is 57.5 Å². The van der Waals surface area contributed by atoms with Crippen LogP contribution in [0.25, 0.3) is 11.1 Å². The van der Waals surface area contributed by atoms with E-state index in [0.717, 1.165) is 31.2 Å². The molecule has 2 aromatic rings. The first-order valence-corrected chi connectivity index (χ1v) is 11.5. The highest BCUT2D eigenvalue weighted by Gasteiger charge is 2.74. The van der Waals surface area contributed by atoms with E-state index >= 15 is 0 Å². The van der Waals surface area contributed by atoms with Gasteiger partial charge < -0.3 is 10.1 Å².